The van der Waals surface area contributed by atoms with Gasteiger partial charge in [0, 0.05) is 0 Å². The van der Waals surface area contributed by atoms with Crippen molar-refractivity contribution in [3.63, 3.8) is 0 Å². The van der Waals surface area contributed by atoms with Crippen molar-refractivity contribution in [3.8, 4) is 0 Å². The number of hydrogen-bond donors (Lipinski definition) is 7. The Morgan fingerprint density at radius 2 is 1.12 bits per heavy atom. The minimum Gasteiger partial charge on any atom is -0.460 e. The number of cyclic esters (lactones) is 1. The van der Waals surface area contributed by atoms with Crippen LogP contribution in [0.4, 0.5) is 0 Å². The van der Waals surface area contributed by atoms with Gasteiger partial charge in [-0.1, -0.05) is 99.8 Å². The van der Waals surface area contributed by atoms with E-state index in [0.717, 1.165) is 25.7 Å². The quantitative estimate of drug-likeness (QED) is 0.0862. The summed E-state index contributed by atoms with van der Waals surface area (Å²) < 4.78 is 5.98. The largest absolute Gasteiger partial charge is 0.460 e. The molecule has 0 aromatic heterocycles. The van der Waals surface area contributed by atoms with E-state index >= 15 is 0 Å². The van der Waals surface area contributed by atoms with Crippen molar-refractivity contribution in [1.82, 2.24) is 26.6 Å². The molecule has 0 aliphatic carbocycles. The molecule has 300 valence electrons. The molecule has 52 heavy (non-hydrogen) atoms. The summed E-state index contributed by atoms with van der Waals surface area (Å²) in [6.45, 7) is 13.7. The van der Waals surface area contributed by atoms with Gasteiger partial charge in [0.25, 0.3) is 0 Å². The number of amides is 5. The molecule has 5 amide bonds. The molecule has 0 aromatic rings. The molecule has 0 saturated carbocycles. The SMILES string of the molecule is CCCCCCCCCCC1CC(=O)N[C@H](CC(C)C)C(=O)NC(CO)C(=O)N[C@@H]([C@@H](C)O)C(=O)N[C@H](CC(C)C)C(=O)NC([C@@H](C)CC)C(=O)O1. The predicted octanol–water partition coefficient (Wildman–Crippen LogP) is 2.77. The van der Waals surface area contributed by atoms with E-state index in [0.29, 0.717) is 19.3 Å². The van der Waals surface area contributed by atoms with Crippen molar-refractivity contribution in [2.75, 3.05) is 6.61 Å². The highest BCUT2D eigenvalue weighted by Crippen LogP contribution is 2.18. The third-order valence-corrected chi connectivity index (χ3v) is 9.42. The van der Waals surface area contributed by atoms with Gasteiger partial charge in [0.2, 0.25) is 29.5 Å². The van der Waals surface area contributed by atoms with Gasteiger partial charge in [-0.15, -0.1) is 0 Å². The first kappa shape index (κ1) is 46.8. The summed E-state index contributed by atoms with van der Waals surface area (Å²) in [5, 5.41) is 33.5. The lowest BCUT2D eigenvalue weighted by molar-refractivity contribution is -0.156. The van der Waals surface area contributed by atoms with E-state index in [1.807, 2.05) is 34.6 Å². The number of esters is 1. The van der Waals surface area contributed by atoms with Crippen LogP contribution in [0.1, 0.15) is 139 Å². The lowest BCUT2D eigenvalue weighted by atomic mass is 9.97. The topological polar surface area (TPSA) is 212 Å². The summed E-state index contributed by atoms with van der Waals surface area (Å²) in [7, 11) is 0. The van der Waals surface area contributed by atoms with E-state index in [4.69, 9.17) is 4.74 Å². The summed E-state index contributed by atoms with van der Waals surface area (Å²) in [6, 6.07) is -6.39. The Bertz CT molecular complexity index is 1130. The molecule has 0 radical (unpaired) electrons. The molecule has 1 heterocycles. The van der Waals surface area contributed by atoms with Crippen LogP contribution < -0.4 is 26.6 Å². The van der Waals surface area contributed by atoms with Gasteiger partial charge in [0.15, 0.2) is 0 Å². The third-order valence-electron chi connectivity index (χ3n) is 9.42. The van der Waals surface area contributed by atoms with Crippen LogP contribution in [0.5, 0.6) is 0 Å². The highest BCUT2D eigenvalue weighted by molar-refractivity contribution is 5.96. The number of ether oxygens (including phenoxy) is 1. The van der Waals surface area contributed by atoms with Crippen LogP contribution in [0.3, 0.4) is 0 Å². The second-order valence-electron chi connectivity index (χ2n) is 15.3. The predicted molar refractivity (Wildman–Crippen MR) is 199 cm³/mol. The Morgan fingerprint density at radius 3 is 1.63 bits per heavy atom. The number of rotatable bonds is 17. The van der Waals surface area contributed by atoms with Crippen molar-refractivity contribution in [2.45, 2.75) is 181 Å². The summed E-state index contributed by atoms with van der Waals surface area (Å²) >= 11 is 0. The molecule has 1 aliphatic heterocycles. The highest BCUT2D eigenvalue weighted by Gasteiger charge is 2.37. The van der Waals surface area contributed by atoms with Crippen LogP contribution in [-0.2, 0) is 33.5 Å². The van der Waals surface area contributed by atoms with Gasteiger partial charge in [0.05, 0.1) is 19.1 Å². The third kappa shape index (κ3) is 17.5. The van der Waals surface area contributed by atoms with Gasteiger partial charge < -0.3 is 41.5 Å². The van der Waals surface area contributed by atoms with Crippen molar-refractivity contribution < 1.29 is 43.7 Å². The first-order valence-corrected chi connectivity index (χ1v) is 19.5. The average Bonchev–Trinajstić information content (AvgIpc) is 3.07. The maximum absolute atomic E-state index is 13.8. The Labute approximate surface area is 311 Å². The highest BCUT2D eigenvalue weighted by atomic mass is 16.5. The van der Waals surface area contributed by atoms with Gasteiger partial charge in [-0.05, 0) is 50.4 Å². The van der Waals surface area contributed by atoms with Gasteiger partial charge in [-0.25, -0.2) is 4.79 Å². The van der Waals surface area contributed by atoms with E-state index in [9.17, 15) is 39.0 Å². The molecule has 8 atom stereocenters. The zero-order chi connectivity index (χ0) is 39.4. The van der Waals surface area contributed by atoms with Gasteiger partial charge in [-0.2, -0.15) is 0 Å². The van der Waals surface area contributed by atoms with Crippen LogP contribution in [0.2, 0.25) is 0 Å². The monoisotopic (exact) mass is 740 g/mol. The molecule has 14 nitrogen and oxygen atoms in total. The number of nitrogens with one attached hydrogen (secondary N) is 5. The normalized spacial score (nSPS) is 25.8. The van der Waals surface area contributed by atoms with E-state index in [-0.39, 0.29) is 37.0 Å². The molecule has 0 aromatic carbocycles. The van der Waals surface area contributed by atoms with Crippen molar-refractivity contribution >= 4 is 35.5 Å². The maximum Gasteiger partial charge on any atom is 0.329 e. The molecule has 1 aliphatic rings. The van der Waals surface area contributed by atoms with Crippen LogP contribution in [0.25, 0.3) is 0 Å². The second kappa shape index (κ2) is 24.9. The molecule has 3 unspecified atom stereocenters. The standard InChI is InChI=1S/C38H69N5O9/c1-9-11-12-13-14-15-16-17-18-27-21-31(46)39-28(19-23(3)4)34(47)41-30(22-44)36(49)43-33(26(8)45)37(50)40-29(20-24(5)6)35(48)42-32(25(7)10-2)38(51)52-27/h23-30,32-33,44-45H,9-22H2,1-8H3,(H,39,46)(H,40,50)(H,41,47)(H,42,48)(H,43,49)/t25-,26+,27?,28+,29+,30?,32?,33-/m0/s1. The number of carbonyl (C=O) groups is 6. The molecular formula is C38H69N5O9. The smallest absolute Gasteiger partial charge is 0.329 e. The fourth-order valence-electron chi connectivity index (χ4n) is 6.12. The first-order chi connectivity index (χ1) is 24.5. The summed E-state index contributed by atoms with van der Waals surface area (Å²) in [4.78, 5) is 81.3. The summed E-state index contributed by atoms with van der Waals surface area (Å²) in [5.41, 5.74) is 0. The van der Waals surface area contributed by atoms with Crippen molar-refractivity contribution in [2.24, 2.45) is 17.8 Å². The molecule has 1 saturated heterocycles. The maximum atomic E-state index is 13.8. The van der Waals surface area contributed by atoms with Crippen LogP contribution in [0, 0.1) is 17.8 Å². The molecule has 0 bridgehead atoms. The molecule has 7 N–H and O–H groups in total. The minimum absolute atomic E-state index is 0.0491. The first-order valence-electron chi connectivity index (χ1n) is 19.5. The Balaban J connectivity index is 3.56. The summed E-state index contributed by atoms with van der Waals surface area (Å²) in [5.74, 6) is -4.92. The number of hydrogen-bond acceptors (Lipinski definition) is 9. The van der Waals surface area contributed by atoms with Gasteiger partial charge in [0.1, 0.15) is 36.3 Å². The Hall–Kier alpha value is -3.26. The number of unbranched alkanes of at least 4 members (excludes halogenated alkanes) is 7. The molecular weight excluding hydrogens is 670 g/mol. The zero-order valence-electron chi connectivity index (χ0n) is 32.9. The van der Waals surface area contributed by atoms with Crippen molar-refractivity contribution in [3.05, 3.63) is 0 Å². The lowest BCUT2D eigenvalue weighted by Gasteiger charge is -2.29. The number of aliphatic hydroxyl groups is 2. The van der Waals surface area contributed by atoms with Crippen molar-refractivity contribution in [1.29, 1.82) is 0 Å². The fraction of sp³-hybridized carbons (Fsp3) is 0.842. The van der Waals surface area contributed by atoms with Crippen LogP contribution >= 0.6 is 0 Å². The Kier molecular flexibility index (Phi) is 22.4. The molecule has 1 rings (SSSR count). The zero-order valence-corrected chi connectivity index (χ0v) is 32.9. The molecule has 0 spiro atoms. The average molecular weight is 740 g/mol. The fourth-order valence-corrected chi connectivity index (χ4v) is 6.12. The van der Waals surface area contributed by atoms with Crippen LogP contribution in [0.15, 0.2) is 0 Å². The minimum atomic E-state index is -1.55. The number of carbonyl (C=O) groups excluding carboxylic acids is 6. The molecule has 1 fully saturated rings. The van der Waals surface area contributed by atoms with E-state index in [1.165, 1.54) is 26.2 Å². The second-order valence-corrected chi connectivity index (χ2v) is 15.3. The number of aliphatic hydroxyl groups excluding tert-OH is 2. The molecule has 14 heteroatoms. The van der Waals surface area contributed by atoms with Crippen LogP contribution in [-0.4, -0.2) is 94.7 Å². The Morgan fingerprint density at radius 1 is 0.635 bits per heavy atom. The summed E-state index contributed by atoms with van der Waals surface area (Å²) in [6.07, 6.45) is 7.22. The van der Waals surface area contributed by atoms with E-state index in [1.54, 1.807) is 6.92 Å². The van der Waals surface area contributed by atoms with E-state index < -0.39 is 84.5 Å². The van der Waals surface area contributed by atoms with Gasteiger partial charge >= 0.3 is 5.97 Å². The van der Waals surface area contributed by atoms with E-state index in [2.05, 4.69) is 33.5 Å². The van der Waals surface area contributed by atoms with Gasteiger partial charge in [-0.3, -0.25) is 24.0 Å². The lowest BCUT2D eigenvalue weighted by Crippen LogP contribution is -2.62.